The molecule has 0 heterocycles. The average molecular weight is 477 g/mol. The van der Waals surface area contributed by atoms with Crippen molar-refractivity contribution in [1.82, 2.24) is 0 Å². The molecule has 3 aromatic rings. The number of halogens is 1. The summed E-state index contributed by atoms with van der Waals surface area (Å²) in [6.45, 7) is 0. The zero-order valence-corrected chi connectivity index (χ0v) is 18.1. The number of phenolic OH excluding ortho intramolecular Hbond substituents is 1. The fourth-order valence-electron chi connectivity index (χ4n) is 2.67. The lowest BCUT2D eigenvalue weighted by molar-refractivity contribution is -0.384. The molecule has 0 radical (unpaired) electrons. The highest BCUT2D eigenvalue weighted by Gasteiger charge is 2.21. The molecule has 32 heavy (non-hydrogen) atoms. The summed E-state index contributed by atoms with van der Waals surface area (Å²) >= 11 is 5.86. The number of hydrazone groups is 1. The van der Waals surface area contributed by atoms with E-state index in [0.29, 0.717) is 10.6 Å². The molecule has 0 bridgehead atoms. The van der Waals surface area contributed by atoms with Crippen LogP contribution in [0, 0.1) is 10.1 Å². The minimum atomic E-state index is -4.11. The smallest absolute Gasteiger partial charge is 0.295 e. The number of hydrogen-bond donors (Lipinski definition) is 3. The molecule has 3 aromatic carbocycles. The first-order valence-electron chi connectivity index (χ1n) is 8.93. The van der Waals surface area contributed by atoms with E-state index in [0.717, 1.165) is 6.07 Å². The van der Waals surface area contributed by atoms with Gasteiger partial charge in [-0.3, -0.25) is 20.3 Å². The van der Waals surface area contributed by atoms with E-state index in [1.807, 2.05) is 0 Å². The first kappa shape index (κ1) is 22.8. The second-order valence-electron chi connectivity index (χ2n) is 6.32. The van der Waals surface area contributed by atoms with Crippen LogP contribution >= 0.6 is 11.6 Å². The van der Waals surface area contributed by atoms with Gasteiger partial charge in [-0.1, -0.05) is 23.7 Å². The Balaban J connectivity index is 1.85. The monoisotopic (exact) mass is 476 g/mol. The number of anilines is 2. The molecule has 0 atom stereocenters. The van der Waals surface area contributed by atoms with Gasteiger partial charge in [-0.05, 0) is 42.5 Å². The van der Waals surface area contributed by atoms with Crippen LogP contribution in [0.4, 0.5) is 17.1 Å². The third-order valence-corrected chi connectivity index (χ3v) is 5.81. The van der Waals surface area contributed by atoms with Crippen molar-refractivity contribution >= 4 is 44.9 Å². The number of nitro groups is 1. The standard InChI is InChI=1S/C20H17ClN4O6S/c1-31-19-7-2-4-13(20(19)26)12-22-23-17-9-8-16(11-18(17)25(27)28)32(29,30)24-15-6-3-5-14(21)10-15/h2-12,23-24,26H,1H3. The summed E-state index contributed by atoms with van der Waals surface area (Å²) in [5.41, 5.74) is 2.46. The summed E-state index contributed by atoms with van der Waals surface area (Å²) in [7, 11) is -2.71. The van der Waals surface area contributed by atoms with Crippen LogP contribution in [0.3, 0.4) is 0 Å². The molecule has 3 rings (SSSR count). The molecule has 0 aliphatic rings. The third kappa shape index (κ3) is 5.25. The highest BCUT2D eigenvalue weighted by molar-refractivity contribution is 7.92. The van der Waals surface area contributed by atoms with E-state index in [1.54, 1.807) is 30.3 Å². The van der Waals surface area contributed by atoms with Crippen molar-refractivity contribution in [1.29, 1.82) is 0 Å². The number of ether oxygens (including phenoxy) is 1. The van der Waals surface area contributed by atoms with Crippen molar-refractivity contribution in [2.75, 3.05) is 17.3 Å². The molecule has 0 fully saturated rings. The second kappa shape index (κ2) is 9.54. The Hall–Kier alpha value is -3.83. The summed E-state index contributed by atoms with van der Waals surface area (Å²) in [4.78, 5) is 10.4. The number of para-hydroxylation sites is 1. The molecule has 10 nitrogen and oxygen atoms in total. The number of phenols is 1. The van der Waals surface area contributed by atoms with Gasteiger partial charge in [-0.2, -0.15) is 5.10 Å². The maximum atomic E-state index is 12.6. The highest BCUT2D eigenvalue weighted by atomic mass is 35.5. The van der Waals surface area contributed by atoms with E-state index < -0.39 is 20.6 Å². The first-order chi connectivity index (χ1) is 15.2. The summed E-state index contributed by atoms with van der Waals surface area (Å²) in [6, 6.07) is 14.1. The predicted molar refractivity (Wildman–Crippen MR) is 121 cm³/mol. The molecular formula is C20H17ClN4O6S. The summed E-state index contributed by atoms with van der Waals surface area (Å²) in [6.07, 6.45) is 1.24. The first-order valence-corrected chi connectivity index (χ1v) is 10.8. The highest BCUT2D eigenvalue weighted by Crippen LogP contribution is 2.30. The van der Waals surface area contributed by atoms with Crippen LogP contribution in [0.15, 0.2) is 70.7 Å². The van der Waals surface area contributed by atoms with Gasteiger partial charge in [0.05, 0.1) is 28.8 Å². The molecule has 0 saturated heterocycles. The van der Waals surface area contributed by atoms with Crippen LogP contribution in [0.1, 0.15) is 5.56 Å². The summed E-state index contributed by atoms with van der Waals surface area (Å²) in [5, 5.41) is 25.8. The molecule has 0 aliphatic carbocycles. The number of nitrogens with zero attached hydrogens (tertiary/aromatic N) is 2. The molecular weight excluding hydrogens is 460 g/mol. The Bertz CT molecular complexity index is 1300. The van der Waals surface area contributed by atoms with Crippen LogP contribution in [-0.2, 0) is 10.0 Å². The molecule has 0 amide bonds. The van der Waals surface area contributed by atoms with Crippen molar-refractivity contribution in [3.8, 4) is 11.5 Å². The maximum absolute atomic E-state index is 12.6. The van der Waals surface area contributed by atoms with Gasteiger partial charge in [0.15, 0.2) is 11.5 Å². The number of hydrogen-bond acceptors (Lipinski definition) is 8. The normalized spacial score (nSPS) is 11.3. The van der Waals surface area contributed by atoms with Crippen molar-refractivity contribution in [2.45, 2.75) is 4.90 Å². The number of methoxy groups -OCH3 is 1. The molecule has 0 saturated carbocycles. The number of benzene rings is 3. The van der Waals surface area contributed by atoms with E-state index in [4.69, 9.17) is 16.3 Å². The van der Waals surface area contributed by atoms with Gasteiger partial charge < -0.3 is 9.84 Å². The SMILES string of the molecule is COc1cccc(C=NNc2ccc(S(=O)(=O)Nc3cccc(Cl)c3)cc2[N+](=O)[O-])c1O. The number of aromatic hydroxyl groups is 1. The maximum Gasteiger partial charge on any atom is 0.295 e. The minimum Gasteiger partial charge on any atom is -0.504 e. The van der Waals surface area contributed by atoms with E-state index >= 15 is 0 Å². The van der Waals surface area contributed by atoms with Gasteiger partial charge in [-0.25, -0.2) is 8.42 Å². The fourth-order valence-corrected chi connectivity index (χ4v) is 3.93. The van der Waals surface area contributed by atoms with Crippen molar-refractivity contribution in [2.24, 2.45) is 5.10 Å². The molecule has 166 valence electrons. The molecule has 3 N–H and O–H groups in total. The minimum absolute atomic E-state index is 0.0460. The van der Waals surface area contributed by atoms with Crippen molar-refractivity contribution in [3.05, 3.63) is 81.4 Å². The lowest BCUT2D eigenvalue weighted by atomic mass is 10.2. The Kier molecular flexibility index (Phi) is 6.81. The number of rotatable bonds is 8. The number of sulfonamides is 1. The van der Waals surface area contributed by atoms with Crippen LogP contribution in [-0.4, -0.2) is 31.8 Å². The largest absolute Gasteiger partial charge is 0.504 e. The Morgan fingerprint density at radius 3 is 2.59 bits per heavy atom. The lowest BCUT2D eigenvalue weighted by Crippen LogP contribution is -2.13. The quantitative estimate of drug-likeness (QED) is 0.251. The lowest BCUT2D eigenvalue weighted by Gasteiger charge is -2.10. The van der Waals surface area contributed by atoms with Crippen LogP contribution in [0.5, 0.6) is 11.5 Å². The van der Waals surface area contributed by atoms with Crippen LogP contribution in [0.2, 0.25) is 5.02 Å². The molecule has 0 unspecified atom stereocenters. The van der Waals surface area contributed by atoms with Crippen molar-refractivity contribution in [3.63, 3.8) is 0 Å². The van der Waals surface area contributed by atoms with Crippen LogP contribution in [0.25, 0.3) is 0 Å². The number of nitro benzene ring substituents is 1. The van der Waals surface area contributed by atoms with E-state index in [9.17, 15) is 23.6 Å². The van der Waals surface area contributed by atoms with Gasteiger partial charge in [0.2, 0.25) is 0 Å². The average Bonchev–Trinajstić information content (AvgIpc) is 2.74. The van der Waals surface area contributed by atoms with E-state index in [-0.39, 0.29) is 27.8 Å². The van der Waals surface area contributed by atoms with Gasteiger partial charge >= 0.3 is 0 Å². The van der Waals surface area contributed by atoms with Gasteiger partial charge in [0.25, 0.3) is 15.7 Å². The molecule has 12 heteroatoms. The molecule has 0 spiro atoms. The Morgan fingerprint density at radius 2 is 1.91 bits per heavy atom. The van der Waals surface area contributed by atoms with Gasteiger partial charge in [0, 0.05) is 16.7 Å². The zero-order valence-electron chi connectivity index (χ0n) is 16.5. The number of nitrogens with one attached hydrogen (secondary N) is 2. The molecule has 0 aromatic heterocycles. The predicted octanol–water partition coefficient (Wildman–Crippen LogP) is 4.21. The summed E-state index contributed by atoms with van der Waals surface area (Å²) < 4.78 is 32.6. The van der Waals surface area contributed by atoms with Crippen molar-refractivity contribution < 1.29 is 23.2 Å². The summed E-state index contributed by atoms with van der Waals surface area (Å²) in [5.74, 6) is 0.0882. The van der Waals surface area contributed by atoms with E-state index in [1.165, 1.54) is 37.6 Å². The van der Waals surface area contributed by atoms with Gasteiger partial charge in [-0.15, -0.1) is 0 Å². The Labute approximate surface area is 188 Å². The Morgan fingerprint density at radius 1 is 1.16 bits per heavy atom. The van der Waals surface area contributed by atoms with Gasteiger partial charge in [0.1, 0.15) is 5.69 Å². The molecule has 0 aliphatic heterocycles. The third-order valence-electron chi connectivity index (χ3n) is 4.19. The fraction of sp³-hybridized carbons (Fsp3) is 0.0500. The second-order valence-corrected chi connectivity index (χ2v) is 8.44. The zero-order chi connectivity index (χ0) is 23.3. The topological polar surface area (TPSA) is 143 Å². The van der Waals surface area contributed by atoms with E-state index in [2.05, 4.69) is 15.2 Å². The van der Waals surface area contributed by atoms with Crippen LogP contribution < -0.4 is 14.9 Å².